The summed E-state index contributed by atoms with van der Waals surface area (Å²) in [5.41, 5.74) is 1.49. The number of amides is 1. The van der Waals surface area contributed by atoms with Gasteiger partial charge in [0.25, 0.3) is 5.91 Å². The number of hydrogen-bond acceptors (Lipinski definition) is 3. The molecule has 1 aliphatic carbocycles. The minimum absolute atomic E-state index is 0.0133. The number of aliphatic hydroxyl groups excluding tert-OH is 1. The molecule has 1 fully saturated rings. The molecule has 0 saturated heterocycles. The van der Waals surface area contributed by atoms with Crippen LogP contribution in [0.1, 0.15) is 61.6 Å². The first kappa shape index (κ1) is 15.0. The Balaban J connectivity index is 1.97. The first-order valence-corrected chi connectivity index (χ1v) is 7.46. The largest absolute Gasteiger partial charge is 0.396 e. The Bertz CT molecular complexity index is 448. The molecule has 20 heavy (non-hydrogen) atoms. The first-order chi connectivity index (χ1) is 9.52. The van der Waals surface area contributed by atoms with Crippen molar-refractivity contribution >= 4 is 5.91 Å². The maximum atomic E-state index is 12.4. The van der Waals surface area contributed by atoms with Crippen molar-refractivity contribution in [3.8, 4) is 0 Å². The number of carbonyl (C=O) groups excluding carboxylic acids is 1. The molecule has 5 heteroatoms. The Labute approximate surface area is 120 Å². The van der Waals surface area contributed by atoms with E-state index in [2.05, 4.69) is 24.0 Å². The van der Waals surface area contributed by atoms with E-state index in [0.717, 1.165) is 31.4 Å². The molecule has 1 saturated carbocycles. The number of rotatable bonds is 4. The highest BCUT2D eigenvalue weighted by Crippen LogP contribution is 2.27. The third-order valence-electron chi connectivity index (χ3n) is 4.38. The van der Waals surface area contributed by atoms with E-state index in [-0.39, 0.29) is 18.6 Å². The van der Waals surface area contributed by atoms with Gasteiger partial charge in [-0.05, 0) is 43.6 Å². The molecule has 0 atom stereocenters. The van der Waals surface area contributed by atoms with Crippen LogP contribution in [-0.4, -0.2) is 45.8 Å². The summed E-state index contributed by atoms with van der Waals surface area (Å²) in [6, 6.07) is 2.12. The SMILES string of the molecule is CC(C)c1cc(C(=O)N(C)C2CCC(CO)CC2)n[nH]1. The minimum atomic E-state index is -0.0133. The molecular weight excluding hydrogens is 254 g/mol. The highest BCUT2D eigenvalue weighted by atomic mass is 16.3. The predicted octanol–water partition coefficient (Wildman–Crippen LogP) is 2.16. The van der Waals surface area contributed by atoms with Crippen molar-refractivity contribution < 1.29 is 9.90 Å². The second-order valence-electron chi connectivity index (χ2n) is 6.14. The Kier molecular flexibility index (Phi) is 4.81. The van der Waals surface area contributed by atoms with E-state index in [1.54, 1.807) is 0 Å². The van der Waals surface area contributed by atoms with E-state index in [4.69, 9.17) is 5.11 Å². The third-order valence-corrected chi connectivity index (χ3v) is 4.38. The summed E-state index contributed by atoms with van der Waals surface area (Å²) >= 11 is 0. The van der Waals surface area contributed by atoms with Crippen LogP contribution in [0.5, 0.6) is 0 Å². The fourth-order valence-corrected chi connectivity index (χ4v) is 2.80. The molecule has 1 amide bonds. The Morgan fingerprint density at radius 1 is 1.45 bits per heavy atom. The van der Waals surface area contributed by atoms with Gasteiger partial charge in [-0.15, -0.1) is 0 Å². The lowest BCUT2D eigenvalue weighted by molar-refractivity contribution is 0.0647. The molecule has 0 radical (unpaired) electrons. The molecule has 2 rings (SSSR count). The van der Waals surface area contributed by atoms with Gasteiger partial charge in [-0.2, -0.15) is 5.10 Å². The second-order valence-corrected chi connectivity index (χ2v) is 6.14. The summed E-state index contributed by atoms with van der Waals surface area (Å²) < 4.78 is 0. The van der Waals surface area contributed by atoms with Gasteiger partial charge in [0.05, 0.1) is 0 Å². The second kappa shape index (κ2) is 6.39. The van der Waals surface area contributed by atoms with Crippen molar-refractivity contribution in [3.63, 3.8) is 0 Å². The molecular formula is C15H25N3O2. The molecule has 0 bridgehead atoms. The van der Waals surface area contributed by atoms with E-state index in [1.807, 2.05) is 18.0 Å². The zero-order valence-corrected chi connectivity index (χ0v) is 12.6. The van der Waals surface area contributed by atoms with Crippen LogP contribution in [0, 0.1) is 5.92 Å². The van der Waals surface area contributed by atoms with Crippen LogP contribution in [0.2, 0.25) is 0 Å². The Morgan fingerprint density at radius 2 is 2.10 bits per heavy atom. The summed E-state index contributed by atoms with van der Waals surface area (Å²) in [5, 5.41) is 16.2. The fourth-order valence-electron chi connectivity index (χ4n) is 2.80. The smallest absolute Gasteiger partial charge is 0.274 e. The van der Waals surface area contributed by atoms with Gasteiger partial charge in [-0.25, -0.2) is 0 Å². The number of nitrogens with zero attached hydrogens (tertiary/aromatic N) is 2. The quantitative estimate of drug-likeness (QED) is 0.887. The standard InChI is InChI=1S/C15H25N3O2/c1-10(2)13-8-14(17-16-13)15(20)18(3)12-6-4-11(9-19)5-7-12/h8,10-12,19H,4-7,9H2,1-3H3,(H,16,17). The molecule has 0 aromatic carbocycles. The van der Waals surface area contributed by atoms with Gasteiger partial charge in [0, 0.05) is 25.4 Å². The summed E-state index contributed by atoms with van der Waals surface area (Å²) in [7, 11) is 1.86. The third kappa shape index (κ3) is 3.20. The number of carbonyl (C=O) groups is 1. The molecule has 0 spiro atoms. The topological polar surface area (TPSA) is 69.2 Å². The number of aromatic amines is 1. The zero-order chi connectivity index (χ0) is 14.7. The van der Waals surface area contributed by atoms with Crippen molar-refractivity contribution in [1.29, 1.82) is 0 Å². The van der Waals surface area contributed by atoms with Gasteiger partial charge < -0.3 is 10.0 Å². The lowest BCUT2D eigenvalue weighted by Gasteiger charge is -2.33. The number of nitrogens with one attached hydrogen (secondary N) is 1. The monoisotopic (exact) mass is 279 g/mol. The minimum Gasteiger partial charge on any atom is -0.396 e. The summed E-state index contributed by atoms with van der Waals surface area (Å²) in [5.74, 6) is 0.739. The van der Waals surface area contributed by atoms with Crippen LogP contribution in [0.3, 0.4) is 0 Å². The molecule has 5 nitrogen and oxygen atoms in total. The van der Waals surface area contributed by atoms with Crippen molar-refractivity contribution in [3.05, 3.63) is 17.5 Å². The van der Waals surface area contributed by atoms with E-state index >= 15 is 0 Å². The summed E-state index contributed by atoms with van der Waals surface area (Å²) in [6.45, 7) is 4.41. The van der Waals surface area contributed by atoms with Gasteiger partial charge in [0.2, 0.25) is 0 Å². The molecule has 112 valence electrons. The maximum absolute atomic E-state index is 12.4. The van der Waals surface area contributed by atoms with Crippen molar-refractivity contribution in [2.75, 3.05) is 13.7 Å². The predicted molar refractivity (Wildman–Crippen MR) is 77.6 cm³/mol. The van der Waals surface area contributed by atoms with Gasteiger partial charge in [0.15, 0.2) is 0 Å². The van der Waals surface area contributed by atoms with Gasteiger partial charge in [0.1, 0.15) is 5.69 Å². The normalized spacial score (nSPS) is 23.1. The first-order valence-electron chi connectivity index (χ1n) is 7.46. The van der Waals surface area contributed by atoms with Gasteiger partial charge in [-0.3, -0.25) is 9.89 Å². The average molecular weight is 279 g/mol. The highest BCUT2D eigenvalue weighted by Gasteiger charge is 2.27. The van der Waals surface area contributed by atoms with Crippen LogP contribution in [0.4, 0.5) is 0 Å². The molecule has 2 N–H and O–H groups in total. The molecule has 0 unspecified atom stereocenters. The summed E-state index contributed by atoms with van der Waals surface area (Å²) in [4.78, 5) is 14.2. The number of aromatic nitrogens is 2. The van der Waals surface area contributed by atoms with Crippen LogP contribution >= 0.6 is 0 Å². The van der Waals surface area contributed by atoms with E-state index in [0.29, 0.717) is 17.5 Å². The number of aliphatic hydroxyl groups is 1. The molecule has 1 aromatic heterocycles. The van der Waals surface area contributed by atoms with E-state index in [1.165, 1.54) is 0 Å². The van der Waals surface area contributed by atoms with Crippen molar-refractivity contribution in [2.45, 2.75) is 51.5 Å². The van der Waals surface area contributed by atoms with Crippen LogP contribution in [0.15, 0.2) is 6.07 Å². The van der Waals surface area contributed by atoms with E-state index in [9.17, 15) is 4.79 Å². The molecule has 1 aromatic rings. The maximum Gasteiger partial charge on any atom is 0.274 e. The van der Waals surface area contributed by atoms with Crippen LogP contribution < -0.4 is 0 Å². The molecule has 1 heterocycles. The highest BCUT2D eigenvalue weighted by molar-refractivity contribution is 5.92. The summed E-state index contributed by atoms with van der Waals surface area (Å²) in [6.07, 6.45) is 3.93. The van der Waals surface area contributed by atoms with Crippen molar-refractivity contribution in [2.24, 2.45) is 5.92 Å². The lowest BCUT2D eigenvalue weighted by atomic mass is 9.86. The van der Waals surface area contributed by atoms with Crippen molar-refractivity contribution in [1.82, 2.24) is 15.1 Å². The molecule has 1 aliphatic rings. The van der Waals surface area contributed by atoms with Crippen LogP contribution in [-0.2, 0) is 0 Å². The molecule has 0 aliphatic heterocycles. The number of hydrogen-bond donors (Lipinski definition) is 2. The van der Waals surface area contributed by atoms with Crippen LogP contribution in [0.25, 0.3) is 0 Å². The lowest BCUT2D eigenvalue weighted by Crippen LogP contribution is -2.40. The van der Waals surface area contributed by atoms with E-state index < -0.39 is 0 Å². The average Bonchev–Trinajstić information content (AvgIpc) is 2.96. The zero-order valence-electron chi connectivity index (χ0n) is 12.6. The Morgan fingerprint density at radius 3 is 2.60 bits per heavy atom. The van der Waals surface area contributed by atoms with Gasteiger partial charge in [-0.1, -0.05) is 13.8 Å². The Hall–Kier alpha value is -1.36. The van der Waals surface area contributed by atoms with Gasteiger partial charge >= 0.3 is 0 Å². The number of H-pyrrole nitrogens is 1. The fraction of sp³-hybridized carbons (Fsp3) is 0.733.